The first-order valence-corrected chi connectivity index (χ1v) is 22.2. The van der Waals surface area contributed by atoms with Crippen molar-refractivity contribution in [2.24, 2.45) is 14.1 Å². The number of rotatable bonds is 16. The lowest BCUT2D eigenvalue weighted by Crippen LogP contribution is -2.42. The normalized spacial score (nSPS) is 14.8. The molecule has 410 valence electrons. The summed E-state index contributed by atoms with van der Waals surface area (Å²) < 4.78 is 202. The Morgan fingerprint density at radius 2 is 1.13 bits per heavy atom. The van der Waals surface area contributed by atoms with Gasteiger partial charge >= 0.3 is 37.4 Å². The first kappa shape index (κ1) is 57.1. The maximum absolute atomic E-state index is 14.1. The van der Waals surface area contributed by atoms with Gasteiger partial charge < -0.3 is 19.5 Å². The largest absolute Gasteiger partial charge is 0.459 e. The monoisotopic (exact) mass is 1140 g/mol. The molecule has 2 saturated carbocycles. The van der Waals surface area contributed by atoms with Crippen LogP contribution >= 0.6 is 23.2 Å². The first-order chi connectivity index (χ1) is 35.9. The number of aryl methyl sites for hydroxylation is 2. The van der Waals surface area contributed by atoms with Crippen molar-refractivity contribution in [3.63, 3.8) is 0 Å². The van der Waals surface area contributed by atoms with Gasteiger partial charge in [-0.2, -0.15) is 92.4 Å². The molecular weight excluding hydrogens is 1110 g/mol. The lowest BCUT2D eigenvalue weighted by molar-refractivity contribution is -0.291. The Balaban J connectivity index is 0.000000224. The van der Waals surface area contributed by atoms with Crippen molar-refractivity contribution in [3.05, 3.63) is 93.7 Å². The molecule has 4 aromatic heterocycles. The Morgan fingerprint density at radius 1 is 0.701 bits per heavy atom. The van der Waals surface area contributed by atoms with Crippen molar-refractivity contribution in [1.82, 2.24) is 49.3 Å². The second kappa shape index (κ2) is 20.7. The van der Waals surface area contributed by atoms with Crippen LogP contribution < -0.4 is 14.8 Å². The Kier molecular flexibility index (Phi) is 15.4. The van der Waals surface area contributed by atoms with E-state index < -0.39 is 94.8 Å². The number of amides is 2. The van der Waals surface area contributed by atoms with Crippen LogP contribution in [0.2, 0.25) is 10.0 Å². The number of carbonyl (C=O) groups excluding carboxylic acids is 2. The standard InChI is InChI=1S/C23H18ClF7N6O3.C21H14ClF7N6O2/c1-35-18(16(40-20(25)26)17(34-35)22(27,28)23(29,30)31)37-9-13(8-33-37)12-3-4-15(24)14(7-12)19(38)36(11-39-2)21(10-32)5-6-21;1-34-17(14(37-18(23)24)15(33-34)20(25,26)21(27,28)29)35-8-11(7-31-35)10-2-3-13(22)12(6-10)16(36)32-19(9-30)4-5-19/h3-4,7-9,20H,5-6,11H2,1-2H3;2-3,6-8,18H,4-5H2,1H3,(H,32,36). The Hall–Kier alpha value is -7.64. The van der Waals surface area contributed by atoms with E-state index >= 15 is 0 Å². The molecule has 0 spiro atoms. The first-order valence-electron chi connectivity index (χ1n) is 21.4. The third-order valence-corrected chi connectivity index (χ3v) is 12.3. The van der Waals surface area contributed by atoms with Crippen molar-refractivity contribution in [3.8, 4) is 57.5 Å². The van der Waals surface area contributed by atoms with E-state index in [1.54, 1.807) is 0 Å². The summed E-state index contributed by atoms with van der Waals surface area (Å²) >= 11 is 12.4. The average Bonchev–Trinajstić information content (AvgIpc) is 4.08. The maximum Gasteiger partial charge on any atom is 0.459 e. The molecule has 0 radical (unpaired) electrons. The third-order valence-electron chi connectivity index (χ3n) is 11.6. The summed E-state index contributed by atoms with van der Waals surface area (Å²) in [5.41, 5.74) is -5.17. The Bertz CT molecular complexity index is 3310. The van der Waals surface area contributed by atoms with Gasteiger partial charge in [-0.3, -0.25) is 14.5 Å². The lowest BCUT2D eigenvalue weighted by Gasteiger charge is -2.27. The molecule has 0 atom stereocenters. The fraction of sp³-hybridized carbons (Fsp3) is 0.364. The Morgan fingerprint density at radius 3 is 1.49 bits per heavy atom. The van der Waals surface area contributed by atoms with Gasteiger partial charge in [0.15, 0.2) is 34.5 Å². The van der Waals surface area contributed by atoms with Crippen LogP contribution in [0, 0.1) is 22.7 Å². The predicted octanol–water partition coefficient (Wildman–Crippen LogP) is 10.3. The van der Waals surface area contributed by atoms with Crippen LogP contribution in [0.25, 0.3) is 33.9 Å². The number of ether oxygens (including phenoxy) is 3. The molecule has 77 heavy (non-hydrogen) atoms. The van der Waals surface area contributed by atoms with Gasteiger partial charge in [0.05, 0.1) is 45.7 Å². The minimum atomic E-state index is -6.15. The van der Waals surface area contributed by atoms with E-state index in [1.165, 1.54) is 48.4 Å². The molecule has 2 amide bonds. The topological polar surface area (TPSA) is 196 Å². The highest BCUT2D eigenvalue weighted by Gasteiger charge is 2.64. The zero-order valence-corrected chi connectivity index (χ0v) is 40.5. The third kappa shape index (κ3) is 11.1. The fourth-order valence-electron chi connectivity index (χ4n) is 7.38. The number of carbonyl (C=O) groups is 2. The summed E-state index contributed by atoms with van der Waals surface area (Å²) in [4.78, 5) is 27.2. The molecule has 4 heterocycles. The second-order valence-corrected chi connectivity index (χ2v) is 17.6. The van der Waals surface area contributed by atoms with Crippen LogP contribution in [0.3, 0.4) is 0 Å². The lowest BCUT2D eigenvalue weighted by atomic mass is 10.0. The van der Waals surface area contributed by atoms with Crippen LogP contribution in [0.4, 0.5) is 61.5 Å². The van der Waals surface area contributed by atoms with Crippen molar-refractivity contribution in [2.45, 2.75) is 74.2 Å². The van der Waals surface area contributed by atoms with Gasteiger partial charge in [-0.25, -0.2) is 18.7 Å². The van der Waals surface area contributed by atoms with Gasteiger partial charge in [0, 0.05) is 44.7 Å². The van der Waals surface area contributed by atoms with Crippen LogP contribution in [0.15, 0.2) is 61.2 Å². The summed E-state index contributed by atoms with van der Waals surface area (Å²) in [6, 6.07) is 12.4. The molecule has 6 aromatic rings. The van der Waals surface area contributed by atoms with Gasteiger partial charge in [0.1, 0.15) is 17.8 Å². The summed E-state index contributed by atoms with van der Waals surface area (Å²) in [5, 5.41) is 35.3. The van der Waals surface area contributed by atoms with Crippen LogP contribution in [-0.2, 0) is 30.7 Å². The summed E-state index contributed by atoms with van der Waals surface area (Å²) in [6.45, 7) is -7.70. The molecule has 2 aromatic carbocycles. The quantitative estimate of drug-likeness (QED) is 0.0715. The van der Waals surface area contributed by atoms with Crippen molar-refractivity contribution in [1.29, 1.82) is 10.5 Å². The number of nitriles is 2. The van der Waals surface area contributed by atoms with Gasteiger partial charge in [-0.05, 0) is 61.1 Å². The number of nitrogens with one attached hydrogen (secondary N) is 1. The van der Waals surface area contributed by atoms with E-state index in [-0.39, 0.29) is 44.6 Å². The van der Waals surface area contributed by atoms with Gasteiger partial charge in [0.2, 0.25) is 0 Å². The Labute approximate surface area is 432 Å². The molecule has 0 unspecified atom stereocenters. The average molecular weight is 1150 g/mol. The number of methoxy groups -OCH3 is 1. The summed E-state index contributed by atoms with van der Waals surface area (Å²) in [7, 11) is 3.23. The number of hydrogen-bond donors (Lipinski definition) is 1. The number of aromatic nitrogens is 8. The smallest absolute Gasteiger partial charge is 0.428 e. The number of nitrogens with zero attached hydrogens (tertiary/aromatic N) is 11. The highest BCUT2D eigenvalue weighted by Crippen LogP contribution is 2.50. The van der Waals surface area contributed by atoms with Gasteiger partial charge in [-0.15, -0.1) is 0 Å². The molecule has 17 nitrogen and oxygen atoms in total. The van der Waals surface area contributed by atoms with Gasteiger partial charge in [-0.1, -0.05) is 35.3 Å². The minimum absolute atomic E-state index is 0.00260. The number of benzene rings is 2. The minimum Gasteiger partial charge on any atom is -0.428 e. The molecule has 2 aliphatic rings. The van der Waals surface area contributed by atoms with E-state index in [0.717, 1.165) is 48.2 Å². The van der Waals surface area contributed by atoms with E-state index in [2.05, 4.69) is 41.3 Å². The predicted molar refractivity (Wildman–Crippen MR) is 235 cm³/mol. The zero-order valence-electron chi connectivity index (χ0n) is 39.0. The van der Waals surface area contributed by atoms with Gasteiger partial charge in [0.25, 0.3) is 11.8 Å². The maximum atomic E-state index is 14.1. The van der Waals surface area contributed by atoms with E-state index in [9.17, 15) is 81.6 Å². The highest BCUT2D eigenvalue weighted by molar-refractivity contribution is 6.34. The van der Waals surface area contributed by atoms with Crippen molar-refractivity contribution >= 4 is 35.0 Å². The molecule has 1 N–H and O–H groups in total. The molecular formula is C44H32Cl2F14N12O5. The molecule has 2 fully saturated rings. The molecule has 2 aliphatic carbocycles. The SMILES string of the molecule is COCN(C(=O)c1cc(-c2cnn(-c3c(OC(F)F)c(C(F)(F)C(F)(F)F)nn3C)c2)ccc1Cl)C1(C#N)CC1.Cn1nc(C(F)(F)C(F)(F)F)c(OC(F)F)c1-n1cc(-c2ccc(Cl)c(C(=O)NC3(C#N)CC3)c2)cn1. The second-order valence-electron chi connectivity index (χ2n) is 16.8. The number of halogens is 16. The highest BCUT2D eigenvalue weighted by atomic mass is 35.5. The summed E-state index contributed by atoms with van der Waals surface area (Å²) in [5.74, 6) is -17.0. The number of alkyl halides is 14. The zero-order chi connectivity index (χ0) is 57.0. The van der Waals surface area contributed by atoms with E-state index in [0.29, 0.717) is 40.6 Å². The summed E-state index contributed by atoms with van der Waals surface area (Å²) in [6.07, 6.45) is -5.95. The van der Waals surface area contributed by atoms with Crippen LogP contribution in [-0.4, -0.2) is 106 Å². The molecule has 0 bridgehead atoms. The fourth-order valence-corrected chi connectivity index (χ4v) is 7.78. The number of hydrogen-bond acceptors (Lipinski definition) is 11. The van der Waals surface area contributed by atoms with E-state index in [4.69, 9.17) is 27.9 Å². The van der Waals surface area contributed by atoms with Crippen molar-refractivity contribution in [2.75, 3.05) is 13.8 Å². The van der Waals surface area contributed by atoms with Crippen LogP contribution in [0.5, 0.6) is 11.5 Å². The molecule has 0 aliphatic heterocycles. The van der Waals surface area contributed by atoms with E-state index in [1.807, 2.05) is 6.07 Å². The molecule has 33 heteroatoms. The molecule has 8 rings (SSSR count). The van der Waals surface area contributed by atoms with Crippen molar-refractivity contribution < 1.29 is 85.3 Å². The molecule has 0 saturated heterocycles. The van der Waals surface area contributed by atoms with Crippen LogP contribution in [0.1, 0.15) is 57.8 Å².